The van der Waals surface area contributed by atoms with E-state index >= 15 is 0 Å². The zero-order chi connectivity index (χ0) is 20.8. The molecule has 2 aliphatic rings. The number of hydrogen-bond acceptors (Lipinski definition) is 4. The number of hydroxylamine groups is 1. The molecular formula is C23H16BrIN2O3. The van der Waals surface area contributed by atoms with Gasteiger partial charge in [0.2, 0.25) is 5.91 Å². The molecule has 7 heteroatoms. The Morgan fingerprint density at radius 3 is 2.27 bits per heavy atom. The van der Waals surface area contributed by atoms with Crippen molar-refractivity contribution < 1.29 is 14.4 Å². The number of hydrogen-bond donors (Lipinski definition) is 0. The van der Waals surface area contributed by atoms with Crippen LogP contribution in [0.4, 0.5) is 11.4 Å². The van der Waals surface area contributed by atoms with Gasteiger partial charge in [0.25, 0.3) is 5.91 Å². The predicted octanol–water partition coefficient (Wildman–Crippen LogP) is 5.10. The predicted molar refractivity (Wildman–Crippen MR) is 126 cm³/mol. The number of amides is 2. The fraction of sp³-hybridized carbons (Fsp3) is 0.130. The minimum Gasteiger partial charge on any atom is -0.273 e. The molecule has 0 aromatic heterocycles. The van der Waals surface area contributed by atoms with Crippen LogP contribution in [0, 0.1) is 9.49 Å². The van der Waals surface area contributed by atoms with Crippen LogP contribution >= 0.6 is 38.5 Å². The first kappa shape index (κ1) is 19.7. The Morgan fingerprint density at radius 2 is 1.57 bits per heavy atom. The van der Waals surface area contributed by atoms with Crippen LogP contribution in [0.15, 0.2) is 83.3 Å². The first-order valence-electron chi connectivity index (χ1n) is 9.44. The third kappa shape index (κ3) is 3.25. The molecule has 5 nitrogen and oxygen atoms in total. The van der Waals surface area contributed by atoms with Gasteiger partial charge in [0.15, 0.2) is 6.10 Å². The van der Waals surface area contributed by atoms with Crippen molar-refractivity contribution in [3.8, 4) is 0 Å². The highest BCUT2D eigenvalue weighted by Crippen LogP contribution is 2.47. The van der Waals surface area contributed by atoms with Crippen molar-refractivity contribution in [1.82, 2.24) is 0 Å². The minimum atomic E-state index is -0.860. The molecule has 3 unspecified atom stereocenters. The van der Waals surface area contributed by atoms with Gasteiger partial charge in [-0.15, -0.1) is 0 Å². The van der Waals surface area contributed by atoms with E-state index in [1.807, 2.05) is 66.7 Å². The first-order chi connectivity index (χ1) is 14.5. The van der Waals surface area contributed by atoms with Crippen molar-refractivity contribution in [2.45, 2.75) is 12.1 Å². The summed E-state index contributed by atoms with van der Waals surface area (Å²) < 4.78 is 1.94. The second kappa shape index (κ2) is 7.79. The molecule has 0 bridgehead atoms. The molecule has 0 aliphatic carbocycles. The van der Waals surface area contributed by atoms with Crippen LogP contribution in [-0.4, -0.2) is 17.9 Å². The van der Waals surface area contributed by atoms with E-state index < -0.39 is 18.1 Å². The van der Waals surface area contributed by atoms with Crippen molar-refractivity contribution in [2.75, 3.05) is 9.96 Å². The van der Waals surface area contributed by atoms with E-state index in [-0.39, 0.29) is 11.8 Å². The Hall–Kier alpha value is -2.23. The number of carbonyl (C=O) groups excluding carboxylic acids is 2. The van der Waals surface area contributed by atoms with Crippen LogP contribution < -0.4 is 9.96 Å². The van der Waals surface area contributed by atoms with Crippen molar-refractivity contribution in [2.24, 2.45) is 5.92 Å². The van der Waals surface area contributed by atoms with Gasteiger partial charge >= 0.3 is 0 Å². The fourth-order valence-electron chi connectivity index (χ4n) is 4.09. The third-order valence-electron chi connectivity index (χ3n) is 5.40. The molecule has 5 rings (SSSR count). The van der Waals surface area contributed by atoms with Crippen LogP contribution in [0.5, 0.6) is 0 Å². The Balaban J connectivity index is 1.59. The van der Waals surface area contributed by atoms with Gasteiger partial charge in [-0.25, -0.2) is 9.96 Å². The van der Waals surface area contributed by atoms with E-state index in [1.54, 1.807) is 17.2 Å². The van der Waals surface area contributed by atoms with E-state index in [2.05, 4.69) is 38.5 Å². The lowest BCUT2D eigenvalue weighted by Gasteiger charge is -2.28. The molecule has 2 saturated heterocycles. The first-order valence-corrected chi connectivity index (χ1v) is 11.3. The molecule has 3 aromatic carbocycles. The maximum absolute atomic E-state index is 13.5. The zero-order valence-corrected chi connectivity index (χ0v) is 19.4. The number of benzene rings is 3. The maximum atomic E-state index is 13.5. The average Bonchev–Trinajstić information content (AvgIpc) is 3.26. The molecule has 2 amide bonds. The molecule has 30 heavy (non-hydrogen) atoms. The summed E-state index contributed by atoms with van der Waals surface area (Å²) in [4.78, 5) is 34.2. The van der Waals surface area contributed by atoms with Crippen molar-refractivity contribution in [1.29, 1.82) is 0 Å². The highest BCUT2D eigenvalue weighted by atomic mass is 127. The lowest BCUT2D eigenvalue weighted by Crippen LogP contribution is -2.37. The summed E-state index contributed by atoms with van der Waals surface area (Å²) in [6, 6.07) is 24.3. The van der Waals surface area contributed by atoms with Gasteiger partial charge in [-0.2, -0.15) is 0 Å². The summed E-state index contributed by atoms with van der Waals surface area (Å²) in [5.74, 6) is -1.20. The molecular weight excluding hydrogens is 559 g/mol. The van der Waals surface area contributed by atoms with Crippen molar-refractivity contribution in [3.05, 3.63) is 92.5 Å². The molecule has 2 aliphatic heterocycles. The van der Waals surface area contributed by atoms with Gasteiger partial charge in [-0.1, -0.05) is 46.3 Å². The number of carbonyl (C=O) groups is 2. The van der Waals surface area contributed by atoms with Crippen molar-refractivity contribution >= 4 is 61.7 Å². The fourth-order valence-corrected chi connectivity index (χ4v) is 4.86. The summed E-state index contributed by atoms with van der Waals surface area (Å²) in [6.45, 7) is 0. The number of halogens is 2. The molecule has 150 valence electrons. The van der Waals surface area contributed by atoms with E-state index in [9.17, 15) is 9.59 Å². The second-order valence-electron chi connectivity index (χ2n) is 7.20. The quantitative estimate of drug-likeness (QED) is 0.322. The normalized spacial score (nSPS) is 23.2. The molecule has 3 aromatic rings. The van der Waals surface area contributed by atoms with Gasteiger partial charge in [-0.05, 0) is 76.7 Å². The monoisotopic (exact) mass is 574 g/mol. The molecule has 3 atom stereocenters. The lowest BCUT2D eigenvalue weighted by atomic mass is 9.90. The van der Waals surface area contributed by atoms with Crippen molar-refractivity contribution in [3.63, 3.8) is 0 Å². The number of imide groups is 1. The van der Waals surface area contributed by atoms with Gasteiger partial charge in [0.1, 0.15) is 5.92 Å². The van der Waals surface area contributed by atoms with Gasteiger partial charge in [0.05, 0.1) is 17.4 Å². The Kier molecular flexibility index (Phi) is 5.12. The minimum absolute atomic E-state index is 0.241. The number of fused-ring (bicyclic) bond motifs is 1. The molecule has 0 N–H and O–H groups in total. The van der Waals surface area contributed by atoms with Crippen LogP contribution in [0.3, 0.4) is 0 Å². The third-order valence-corrected chi connectivity index (χ3v) is 6.61. The molecule has 2 heterocycles. The molecule has 2 fully saturated rings. The standard InChI is InChI=1S/C23H16BrIN2O3/c24-15-6-4-5-14(13-15)20-19-21(30-27(20)18-7-2-1-3-8-18)23(29)26(22(19)28)17-11-9-16(25)10-12-17/h1-13,19-21H. The van der Waals surface area contributed by atoms with Crippen LogP contribution in [0.25, 0.3) is 0 Å². The van der Waals surface area contributed by atoms with Gasteiger partial charge in [-0.3, -0.25) is 14.4 Å². The highest BCUT2D eigenvalue weighted by Gasteiger charge is 2.60. The maximum Gasteiger partial charge on any atom is 0.266 e. The average molecular weight is 575 g/mol. The van der Waals surface area contributed by atoms with E-state index in [0.29, 0.717) is 5.69 Å². The number of nitrogens with zero attached hydrogens (tertiary/aromatic N) is 2. The summed E-state index contributed by atoms with van der Waals surface area (Å²) in [5, 5.41) is 1.71. The Labute approximate surface area is 195 Å². The van der Waals surface area contributed by atoms with E-state index in [1.165, 1.54) is 4.90 Å². The Morgan fingerprint density at radius 1 is 0.833 bits per heavy atom. The Bertz CT molecular complexity index is 1120. The topological polar surface area (TPSA) is 49.9 Å². The number of rotatable bonds is 3. The van der Waals surface area contributed by atoms with Gasteiger partial charge < -0.3 is 0 Å². The SMILES string of the molecule is O=C1C2ON(c3ccccc3)C(c3cccc(Br)c3)C2C(=O)N1c1ccc(I)cc1. The second-order valence-corrected chi connectivity index (χ2v) is 9.36. The molecule has 0 radical (unpaired) electrons. The summed E-state index contributed by atoms with van der Waals surface area (Å²) in [6.07, 6.45) is -0.860. The smallest absolute Gasteiger partial charge is 0.266 e. The molecule has 0 saturated carbocycles. The summed E-state index contributed by atoms with van der Waals surface area (Å²) in [5.41, 5.74) is 2.28. The lowest BCUT2D eigenvalue weighted by molar-refractivity contribution is -0.126. The molecule has 0 spiro atoms. The van der Waals surface area contributed by atoms with Crippen LogP contribution in [-0.2, 0) is 14.4 Å². The van der Waals surface area contributed by atoms with Crippen LogP contribution in [0.2, 0.25) is 0 Å². The van der Waals surface area contributed by atoms with Gasteiger partial charge in [0, 0.05) is 8.04 Å². The van der Waals surface area contributed by atoms with Crippen LogP contribution in [0.1, 0.15) is 11.6 Å². The summed E-state index contributed by atoms with van der Waals surface area (Å²) in [7, 11) is 0. The summed E-state index contributed by atoms with van der Waals surface area (Å²) >= 11 is 5.71. The number of anilines is 2. The highest BCUT2D eigenvalue weighted by molar-refractivity contribution is 14.1. The van der Waals surface area contributed by atoms with E-state index in [4.69, 9.17) is 4.84 Å². The largest absolute Gasteiger partial charge is 0.273 e. The number of para-hydroxylation sites is 1. The zero-order valence-electron chi connectivity index (χ0n) is 15.6. The van der Waals surface area contributed by atoms with E-state index in [0.717, 1.165) is 19.3 Å².